The lowest BCUT2D eigenvalue weighted by atomic mass is 9.32. The third kappa shape index (κ3) is 4.42. The van der Waals surface area contributed by atoms with Crippen molar-refractivity contribution in [2.45, 2.75) is 141 Å². The second kappa shape index (κ2) is 11.4. The quantitative estimate of drug-likeness (QED) is 0.150. The summed E-state index contributed by atoms with van der Waals surface area (Å²) in [6.07, 6.45) is -2.29. The molecule has 6 aliphatic rings. The van der Waals surface area contributed by atoms with E-state index in [0.717, 1.165) is 12.8 Å². The van der Waals surface area contributed by atoms with Crippen molar-refractivity contribution in [1.29, 1.82) is 0 Å². The van der Waals surface area contributed by atoms with Crippen LogP contribution in [0, 0.1) is 44.3 Å². The van der Waals surface area contributed by atoms with Crippen LogP contribution in [0.25, 0.3) is 0 Å². The molecule has 48 heavy (non-hydrogen) atoms. The van der Waals surface area contributed by atoms with Crippen molar-refractivity contribution in [2.75, 3.05) is 13.2 Å². The normalized spacial score (nSPS) is 52.9. The first kappa shape index (κ1) is 36.2. The number of carboxylic acid groups (broad SMARTS) is 2. The third-order valence-corrected chi connectivity index (χ3v) is 15.5. The van der Waals surface area contributed by atoms with E-state index in [1.807, 2.05) is 0 Å². The number of fused-ring (bicyclic) bond motifs is 7. The van der Waals surface area contributed by atoms with Crippen LogP contribution >= 0.6 is 0 Å². The van der Waals surface area contributed by atoms with Crippen LogP contribution in [0.1, 0.15) is 98.8 Å². The molecule has 0 radical (unpaired) electrons. The van der Waals surface area contributed by atoms with Crippen molar-refractivity contribution >= 4 is 11.9 Å². The van der Waals surface area contributed by atoms with Gasteiger partial charge in [-0.05, 0) is 99.2 Å². The summed E-state index contributed by atoms with van der Waals surface area (Å²) in [4.78, 5) is 26.4. The molecule has 1 saturated heterocycles. The van der Waals surface area contributed by atoms with Crippen LogP contribution in [0.2, 0.25) is 0 Å². The number of rotatable bonds is 6. The van der Waals surface area contributed by atoms with Gasteiger partial charge in [0.1, 0.15) is 29.8 Å². The Labute approximate surface area is 282 Å². The molecule has 0 amide bonds. The molecule has 272 valence electrons. The summed E-state index contributed by atoms with van der Waals surface area (Å²) in [7, 11) is 0. The molecule has 0 aromatic heterocycles. The SMILES string of the molecule is CC1(C)CC[C@]2(C(=O)O)CC[C@]3(C)C(=CC[C@@H]4[C@@]5(CO)CC[C@@H](OC6O[C@H](CO)[C@@H](O)[C@H](O)[C@H]6O)C(C)(C(=O)O)[C@]5(O)CC[C@]43C)[C@H]2C1. The summed E-state index contributed by atoms with van der Waals surface area (Å²) in [6.45, 7) is 9.09. The first-order valence-corrected chi connectivity index (χ1v) is 17.7. The zero-order valence-electron chi connectivity index (χ0n) is 28.9. The number of carbonyl (C=O) groups is 2. The van der Waals surface area contributed by atoms with Gasteiger partial charge in [0.2, 0.25) is 0 Å². The van der Waals surface area contributed by atoms with Crippen molar-refractivity contribution in [2.24, 2.45) is 44.3 Å². The number of hydrogen-bond acceptors (Lipinski definition) is 10. The lowest BCUT2D eigenvalue weighted by Gasteiger charge is -2.73. The summed E-state index contributed by atoms with van der Waals surface area (Å²) in [6, 6.07) is 0. The first-order chi connectivity index (χ1) is 22.2. The Morgan fingerprint density at radius 3 is 2.15 bits per heavy atom. The fourth-order valence-corrected chi connectivity index (χ4v) is 12.1. The van der Waals surface area contributed by atoms with Crippen molar-refractivity contribution < 1.29 is 59.9 Å². The van der Waals surface area contributed by atoms with E-state index in [-0.39, 0.29) is 36.5 Å². The molecule has 12 nitrogen and oxygen atoms in total. The van der Waals surface area contributed by atoms with E-state index < -0.39 is 94.6 Å². The molecule has 2 unspecified atom stereocenters. The fraction of sp³-hybridized carbons (Fsp3) is 0.889. The number of ether oxygens (including phenoxy) is 2. The number of carboxylic acids is 2. The van der Waals surface area contributed by atoms with Gasteiger partial charge in [-0.25, -0.2) is 0 Å². The molecule has 0 aromatic carbocycles. The Balaban J connectivity index is 1.40. The molecule has 12 heteroatoms. The van der Waals surface area contributed by atoms with Crippen LogP contribution in [-0.2, 0) is 19.1 Å². The highest BCUT2D eigenvalue weighted by atomic mass is 16.7. The number of aliphatic hydroxyl groups excluding tert-OH is 5. The standard InChI is InChI=1S/C36H56O12/c1-30(2)10-13-34(29(44)45)14-11-31(3)19(20(34)16-30)6-7-22-32(31,4)12-15-36(46)33(5,28(42)43)23(8-9-35(22,36)18-38)48-27-26(41)25(40)24(39)21(17-37)47-27/h6,20-27,37-41,46H,7-18H2,1-5H3,(H,42,43)(H,44,45)/t20-,21-,22+,23-,24-,25+,26-,27?,31-,32-,33?,34+,35+,36-/m1/s1. The zero-order chi connectivity index (χ0) is 35.5. The molecule has 14 atom stereocenters. The molecule has 1 aliphatic heterocycles. The largest absolute Gasteiger partial charge is 0.481 e. The van der Waals surface area contributed by atoms with Gasteiger partial charge < -0.3 is 50.3 Å². The van der Waals surface area contributed by atoms with Crippen molar-refractivity contribution in [1.82, 2.24) is 0 Å². The maximum Gasteiger partial charge on any atom is 0.314 e. The molecular weight excluding hydrogens is 624 g/mol. The van der Waals surface area contributed by atoms with E-state index in [4.69, 9.17) is 9.47 Å². The monoisotopic (exact) mass is 680 g/mol. The molecule has 6 rings (SSSR count). The predicted octanol–water partition coefficient (Wildman–Crippen LogP) is 2.21. The molecule has 0 aromatic rings. The summed E-state index contributed by atoms with van der Waals surface area (Å²) in [5, 5.41) is 86.9. The Bertz CT molecular complexity index is 1350. The number of aliphatic carboxylic acids is 2. The highest BCUT2D eigenvalue weighted by Gasteiger charge is 2.77. The lowest BCUT2D eigenvalue weighted by molar-refractivity contribution is -0.352. The van der Waals surface area contributed by atoms with Gasteiger partial charge in [0.05, 0.1) is 30.3 Å². The maximum absolute atomic E-state index is 13.4. The number of hydrogen-bond donors (Lipinski definition) is 8. The first-order valence-electron chi connectivity index (χ1n) is 17.7. The van der Waals surface area contributed by atoms with E-state index in [0.29, 0.717) is 32.1 Å². The fourth-order valence-electron chi connectivity index (χ4n) is 12.1. The van der Waals surface area contributed by atoms with Crippen molar-refractivity contribution in [3.63, 3.8) is 0 Å². The second-order valence-electron chi connectivity index (χ2n) is 17.6. The van der Waals surface area contributed by atoms with Gasteiger partial charge >= 0.3 is 11.9 Å². The van der Waals surface area contributed by atoms with Gasteiger partial charge in [0, 0.05) is 5.41 Å². The minimum atomic E-state index is -1.99. The van der Waals surface area contributed by atoms with Crippen LogP contribution in [0.5, 0.6) is 0 Å². The topological polar surface area (TPSA) is 214 Å². The van der Waals surface area contributed by atoms with E-state index in [9.17, 15) is 50.4 Å². The maximum atomic E-state index is 13.4. The minimum Gasteiger partial charge on any atom is -0.481 e. The van der Waals surface area contributed by atoms with Gasteiger partial charge in [-0.3, -0.25) is 9.59 Å². The van der Waals surface area contributed by atoms with Crippen LogP contribution in [0.4, 0.5) is 0 Å². The summed E-state index contributed by atoms with van der Waals surface area (Å²) >= 11 is 0. The Morgan fingerprint density at radius 2 is 1.54 bits per heavy atom. The van der Waals surface area contributed by atoms with E-state index in [2.05, 4.69) is 33.8 Å². The van der Waals surface area contributed by atoms with Gasteiger partial charge in [0.25, 0.3) is 0 Å². The van der Waals surface area contributed by atoms with Crippen molar-refractivity contribution in [3.05, 3.63) is 11.6 Å². The Hall–Kier alpha value is -1.64. The summed E-state index contributed by atoms with van der Waals surface area (Å²) in [5.41, 5.74) is -5.78. The van der Waals surface area contributed by atoms with Gasteiger partial charge in [-0.2, -0.15) is 0 Å². The molecule has 0 spiro atoms. The summed E-state index contributed by atoms with van der Waals surface area (Å²) in [5.74, 6) is -2.54. The van der Waals surface area contributed by atoms with Crippen LogP contribution in [-0.4, -0.2) is 108 Å². The van der Waals surface area contributed by atoms with Crippen LogP contribution < -0.4 is 0 Å². The molecule has 1 heterocycles. The number of allylic oxidation sites excluding steroid dienone is 2. The molecular formula is C36H56O12. The Morgan fingerprint density at radius 1 is 0.875 bits per heavy atom. The van der Waals surface area contributed by atoms with Crippen molar-refractivity contribution in [3.8, 4) is 0 Å². The zero-order valence-corrected chi connectivity index (χ0v) is 28.9. The van der Waals surface area contributed by atoms with Crippen LogP contribution in [0.3, 0.4) is 0 Å². The van der Waals surface area contributed by atoms with E-state index >= 15 is 0 Å². The minimum absolute atomic E-state index is 0.0117. The molecule has 5 fully saturated rings. The average molecular weight is 681 g/mol. The van der Waals surface area contributed by atoms with Crippen LogP contribution in [0.15, 0.2) is 11.6 Å². The third-order valence-electron chi connectivity index (χ3n) is 15.5. The second-order valence-corrected chi connectivity index (χ2v) is 17.6. The predicted molar refractivity (Wildman–Crippen MR) is 170 cm³/mol. The summed E-state index contributed by atoms with van der Waals surface area (Å²) < 4.78 is 11.7. The van der Waals surface area contributed by atoms with E-state index in [1.54, 1.807) is 0 Å². The molecule has 8 N–H and O–H groups in total. The lowest BCUT2D eigenvalue weighted by Crippen LogP contribution is -2.77. The number of aliphatic hydroxyl groups is 6. The highest BCUT2D eigenvalue weighted by molar-refractivity contribution is 5.78. The Kier molecular flexibility index (Phi) is 8.61. The van der Waals surface area contributed by atoms with Gasteiger partial charge in [-0.15, -0.1) is 0 Å². The smallest absolute Gasteiger partial charge is 0.314 e. The molecule has 0 bridgehead atoms. The van der Waals surface area contributed by atoms with Gasteiger partial charge in [-0.1, -0.05) is 39.3 Å². The molecule has 4 saturated carbocycles. The van der Waals surface area contributed by atoms with Gasteiger partial charge in [0.15, 0.2) is 6.29 Å². The molecule has 5 aliphatic carbocycles. The van der Waals surface area contributed by atoms with E-state index in [1.165, 1.54) is 12.5 Å². The highest BCUT2D eigenvalue weighted by Crippen LogP contribution is 2.76. The average Bonchev–Trinajstić information content (AvgIpc) is 3.03.